The fourth-order valence-electron chi connectivity index (χ4n) is 2.11. The number of benzene rings is 1. The van der Waals surface area contributed by atoms with Gasteiger partial charge in [0.1, 0.15) is 18.1 Å². The maximum Gasteiger partial charge on any atom is 0.236 e. The van der Waals surface area contributed by atoms with Crippen LogP contribution in [0.3, 0.4) is 0 Å². The SMILES string of the molecule is COc1ccc(OCc2nnc(SCC(=O)Nc3nc(C)cs3)n2C)cc1. The van der Waals surface area contributed by atoms with Crippen LogP contribution in [0.4, 0.5) is 5.13 Å². The van der Waals surface area contributed by atoms with E-state index in [1.165, 1.54) is 23.1 Å². The molecule has 0 aliphatic rings. The Hall–Kier alpha value is -2.59. The molecule has 0 saturated carbocycles. The van der Waals surface area contributed by atoms with Crippen molar-refractivity contribution in [2.45, 2.75) is 18.7 Å². The van der Waals surface area contributed by atoms with Gasteiger partial charge in [-0.3, -0.25) is 4.79 Å². The molecule has 2 heterocycles. The number of hydrogen-bond acceptors (Lipinski definition) is 8. The molecule has 0 fully saturated rings. The predicted octanol–water partition coefficient (Wildman–Crippen LogP) is 2.90. The smallest absolute Gasteiger partial charge is 0.236 e. The van der Waals surface area contributed by atoms with Gasteiger partial charge < -0.3 is 19.4 Å². The quantitative estimate of drug-likeness (QED) is 0.576. The van der Waals surface area contributed by atoms with Gasteiger partial charge in [-0.25, -0.2) is 4.98 Å². The van der Waals surface area contributed by atoms with Crippen molar-refractivity contribution in [3.05, 3.63) is 41.2 Å². The number of nitrogens with one attached hydrogen (secondary N) is 1. The molecule has 0 aliphatic heterocycles. The van der Waals surface area contributed by atoms with Crippen LogP contribution in [-0.4, -0.2) is 38.5 Å². The van der Waals surface area contributed by atoms with Gasteiger partial charge in [0.05, 0.1) is 18.6 Å². The van der Waals surface area contributed by atoms with Crippen LogP contribution < -0.4 is 14.8 Å². The van der Waals surface area contributed by atoms with Crippen LogP contribution in [0.5, 0.6) is 11.5 Å². The second-order valence-electron chi connectivity index (χ2n) is 5.55. The fourth-order valence-corrected chi connectivity index (χ4v) is 3.55. The van der Waals surface area contributed by atoms with Gasteiger partial charge in [0.25, 0.3) is 0 Å². The summed E-state index contributed by atoms with van der Waals surface area (Å²) in [4.78, 5) is 16.2. The number of ether oxygens (including phenoxy) is 2. The second-order valence-corrected chi connectivity index (χ2v) is 7.35. The van der Waals surface area contributed by atoms with E-state index in [0.717, 1.165) is 11.4 Å². The summed E-state index contributed by atoms with van der Waals surface area (Å²) in [6.45, 7) is 2.16. The molecule has 0 aliphatic carbocycles. The predicted molar refractivity (Wildman–Crippen MR) is 105 cm³/mol. The highest BCUT2D eigenvalue weighted by molar-refractivity contribution is 7.99. The van der Waals surface area contributed by atoms with Gasteiger partial charge in [-0.15, -0.1) is 21.5 Å². The van der Waals surface area contributed by atoms with E-state index in [0.29, 0.717) is 21.9 Å². The first-order valence-electron chi connectivity index (χ1n) is 8.05. The lowest BCUT2D eigenvalue weighted by atomic mass is 10.3. The zero-order valence-corrected chi connectivity index (χ0v) is 16.8. The molecule has 10 heteroatoms. The van der Waals surface area contributed by atoms with Gasteiger partial charge in [-0.1, -0.05) is 11.8 Å². The summed E-state index contributed by atoms with van der Waals surface area (Å²) in [6.07, 6.45) is 0. The Balaban J connectivity index is 1.51. The molecular weight excluding hydrogens is 386 g/mol. The van der Waals surface area contributed by atoms with E-state index >= 15 is 0 Å². The summed E-state index contributed by atoms with van der Waals surface area (Å²) >= 11 is 2.71. The normalized spacial score (nSPS) is 10.6. The number of carbonyl (C=O) groups excluding carboxylic acids is 1. The summed E-state index contributed by atoms with van der Waals surface area (Å²) in [5.41, 5.74) is 0.887. The minimum Gasteiger partial charge on any atom is -0.497 e. The van der Waals surface area contributed by atoms with Crippen molar-refractivity contribution in [2.75, 3.05) is 18.2 Å². The van der Waals surface area contributed by atoms with Crippen LogP contribution in [0.1, 0.15) is 11.5 Å². The summed E-state index contributed by atoms with van der Waals surface area (Å²) in [7, 11) is 3.46. The first-order chi connectivity index (χ1) is 13.0. The van der Waals surface area contributed by atoms with Gasteiger partial charge >= 0.3 is 0 Å². The van der Waals surface area contributed by atoms with E-state index in [2.05, 4.69) is 20.5 Å². The summed E-state index contributed by atoms with van der Waals surface area (Å²) in [6, 6.07) is 7.32. The zero-order valence-electron chi connectivity index (χ0n) is 15.1. The molecule has 2 aromatic heterocycles. The van der Waals surface area contributed by atoms with Crippen LogP contribution in [-0.2, 0) is 18.4 Å². The fraction of sp³-hybridized carbons (Fsp3) is 0.294. The third-order valence-electron chi connectivity index (χ3n) is 3.55. The number of aromatic nitrogens is 4. The average Bonchev–Trinajstić information content (AvgIpc) is 3.24. The first-order valence-corrected chi connectivity index (χ1v) is 9.91. The van der Waals surface area contributed by atoms with Gasteiger partial charge in [0.15, 0.2) is 16.1 Å². The van der Waals surface area contributed by atoms with Crippen molar-refractivity contribution in [1.82, 2.24) is 19.7 Å². The molecule has 0 bridgehead atoms. The lowest BCUT2D eigenvalue weighted by Crippen LogP contribution is -2.14. The number of carbonyl (C=O) groups is 1. The molecule has 8 nitrogen and oxygen atoms in total. The Labute approximate surface area is 164 Å². The van der Waals surface area contributed by atoms with Crippen molar-refractivity contribution in [2.24, 2.45) is 7.05 Å². The van der Waals surface area contributed by atoms with Crippen LogP contribution >= 0.6 is 23.1 Å². The average molecular weight is 406 g/mol. The number of amides is 1. The topological polar surface area (TPSA) is 91.2 Å². The van der Waals surface area contributed by atoms with Gasteiger partial charge in [0.2, 0.25) is 5.91 Å². The Morgan fingerprint density at radius 3 is 2.67 bits per heavy atom. The number of anilines is 1. The number of methoxy groups -OCH3 is 1. The van der Waals surface area contributed by atoms with Crippen LogP contribution in [0.25, 0.3) is 0 Å². The van der Waals surface area contributed by atoms with Gasteiger partial charge in [0, 0.05) is 12.4 Å². The summed E-state index contributed by atoms with van der Waals surface area (Å²) < 4.78 is 12.7. The lowest BCUT2D eigenvalue weighted by Gasteiger charge is -2.07. The van der Waals surface area contributed by atoms with Crippen LogP contribution in [0, 0.1) is 6.92 Å². The van der Waals surface area contributed by atoms with Crippen molar-refractivity contribution in [3.63, 3.8) is 0 Å². The highest BCUT2D eigenvalue weighted by Crippen LogP contribution is 2.20. The Morgan fingerprint density at radius 2 is 2.00 bits per heavy atom. The first kappa shape index (κ1) is 19.2. The van der Waals surface area contributed by atoms with Crippen molar-refractivity contribution < 1.29 is 14.3 Å². The lowest BCUT2D eigenvalue weighted by molar-refractivity contribution is -0.113. The second kappa shape index (κ2) is 8.87. The molecule has 1 amide bonds. The monoisotopic (exact) mass is 405 g/mol. The van der Waals surface area contributed by atoms with E-state index in [9.17, 15) is 4.79 Å². The molecule has 27 heavy (non-hydrogen) atoms. The third kappa shape index (κ3) is 5.20. The maximum atomic E-state index is 12.0. The van der Waals surface area contributed by atoms with E-state index in [1.807, 2.05) is 48.2 Å². The number of rotatable bonds is 8. The maximum absolute atomic E-state index is 12.0. The molecule has 1 N–H and O–H groups in total. The van der Waals surface area contributed by atoms with Crippen LogP contribution in [0.2, 0.25) is 0 Å². The number of aryl methyl sites for hydroxylation is 1. The highest BCUT2D eigenvalue weighted by atomic mass is 32.2. The molecular formula is C17H19N5O3S2. The van der Waals surface area contributed by atoms with Crippen molar-refractivity contribution >= 4 is 34.1 Å². The molecule has 3 aromatic rings. The third-order valence-corrected chi connectivity index (χ3v) is 5.45. The molecule has 1 aromatic carbocycles. The number of hydrogen-bond donors (Lipinski definition) is 1. The van der Waals surface area contributed by atoms with Crippen LogP contribution in [0.15, 0.2) is 34.8 Å². The standard InChI is InChI=1S/C17H19N5O3S2/c1-11-9-26-16(18-11)19-15(23)10-27-17-21-20-14(22(17)2)8-25-13-6-4-12(24-3)5-7-13/h4-7,9H,8,10H2,1-3H3,(H,18,19,23). The molecule has 0 unspecified atom stereocenters. The molecule has 0 radical (unpaired) electrons. The Morgan fingerprint density at radius 1 is 1.26 bits per heavy atom. The Bertz CT molecular complexity index is 908. The highest BCUT2D eigenvalue weighted by Gasteiger charge is 2.13. The van der Waals surface area contributed by atoms with Crippen molar-refractivity contribution in [1.29, 1.82) is 0 Å². The number of thioether (sulfide) groups is 1. The zero-order chi connectivity index (χ0) is 19.2. The van der Waals surface area contributed by atoms with Gasteiger partial charge in [-0.2, -0.15) is 0 Å². The summed E-state index contributed by atoms with van der Waals surface area (Å²) in [5.74, 6) is 2.25. The molecule has 0 saturated heterocycles. The van der Waals surface area contributed by atoms with E-state index in [-0.39, 0.29) is 18.3 Å². The van der Waals surface area contributed by atoms with Crippen molar-refractivity contribution in [3.8, 4) is 11.5 Å². The van der Waals surface area contributed by atoms with Gasteiger partial charge in [-0.05, 0) is 31.2 Å². The molecule has 3 rings (SSSR count). The minimum absolute atomic E-state index is 0.131. The van der Waals surface area contributed by atoms with E-state index in [4.69, 9.17) is 9.47 Å². The molecule has 0 spiro atoms. The summed E-state index contributed by atoms with van der Waals surface area (Å²) in [5, 5.41) is 14.2. The minimum atomic E-state index is -0.131. The molecule has 142 valence electrons. The number of nitrogens with zero attached hydrogens (tertiary/aromatic N) is 4. The van der Waals surface area contributed by atoms with E-state index < -0.39 is 0 Å². The Kier molecular flexibility index (Phi) is 6.30. The van der Waals surface area contributed by atoms with E-state index in [1.54, 1.807) is 7.11 Å². The largest absolute Gasteiger partial charge is 0.497 e. The molecule has 0 atom stereocenters. The number of thiazole rings is 1.